The lowest BCUT2D eigenvalue weighted by Crippen LogP contribution is -2.42. The molecule has 0 bridgehead atoms. The lowest BCUT2D eigenvalue weighted by Gasteiger charge is -2.14. The Hall–Kier alpha value is -1.66. The number of pyridine rings is 1. The molecule has 1 unspecified atom stereocenters. The highest BCUT2D eigenvalue weighted by Gasteiger charge is 2.14. The predicted octanol–water partition coefficient (Wildman–Crippen LogP) is -0.888. The molecule has 3 N–H and O–H groups in total. The van der Waals surface area contributed by atoms with Crippen LogP contribution in [0, 0.1) is 0 Å². The van der Waals surface area contributed by atoms with Crippen LogP contribution < -0.4 is 10.7 Å². The first kappa shape index (κ1) is 12.4. The summed E-state index contributed by atoms with van der Waals surface area (Å²) in [6, 6.07) is 0.747. The molecule has 0 radical (unpaired) electrons. The fourth-order valence-electron chi connectivity index (χ4n) is 1.20. The maximum atomic E-state index is 11.6. The summed E-state index contributed by atoms with van der Waals surface area (Å²) in [6.07, 6.45) is 2.76. The van der Waals surface area contributed by atoms with E-state index in [4.69, 9.17) is 9.84 Å². The summed E-state index contributed by atoms with van der Waals surface area (Å²) >= 11 is 0. The van der Waals surface area contributed by atoms with Crippen molar-refractivity contribution in [3.05, 3.63) is 34.2 Å². The van der Waals surface area contributed by atoms with Gasteiger partial charge in [-0.25, -0.2) is 0 Å². The van der Waals surface area contributed by atoms with Gasteiger partial charge in [-0.05, 0) is 0 Å². The van der Waals surface area contributed by atoms with Crippen LogP contribution in [-0.2, 0) is 4.74 Å². The Bertz CT molecular complexity index is 402. The van der Waals surface area contributed by atoms with E-state index in [0.29, 0.717) is 0 Å². The van der Waals surface area contributed by atoms with E-state index in [-0.39, 0.29) is 24.2 Å². The Morgan fingerprint density at radius 2 is 2.44 bits per heavy atom. The molecular formula is C10H14N2O4. The van der Waals surface area contributed by atoms with Gasteiger partial charge in [0.25, 0.3) is 5.91 Å². The van der Waals surface area contributed by atoms with E-state index in [1.807, 2.05) is 0 Å². The molecule has 1 atom stereocenters. The Kier molecular flexibility index (Phi) is 4.68. The molecule has 0 aliphatic carbocycles. The van der Waals surface area contributed by atoms with E-state index < -0.39 is 11.9 Å². The summed E-state index contributed by atoms with van der Waals surface area (Å²) in [5, 5.41) is 11.4. The molecule has 1 rings (SSSR count). The minimum absolute atomic E-state index is 0.0112. The van der Waals surface area contributed by atoms with Crippen molar-refractivity contribution in [2.24, 2.45) is 0 Å². The minimum Gasteiger partial charge on any atom is -0.394 e. The summed E-state index contributed by atoms with van der Waals surface area (Å²) < 4.78 is 4.80. The maximum absolute atomic E-state index is 11.6. The van der Waals surface area contributed by atoms with Gasteiger partial charge in [0.1, 0.15) is 5.56 Å². The average Bonchev–Trinajstić information content (AvgIpc) is 2.28. The van der Waals surface area contributed by atoms with Crippen molar-refractivity contribution in [1.29, 1.82) is 0 Å². The lowest BCUT2D eigenvalue weighted by atomic mass is 10.2. The first-order chi connectivity index (χ1) is 7.69. The molecule has 16 heavy (non-hydrogen) atoms. The monoisotopic (exact) mass is 226 g/mol. The molecule has 0 aromatic carbocycles. The third-order valence-corrected chi connectivity index (χ3v) is 1.99. The zero-order valence-corrected chi connectivity index (χ0v) is 8.90. The number of H-pyrrole nitrogens is 1. The van der Waals surface area contributed by atoms with Crippen LogP contribution in [0.3, 0.4) is 0 Å². The number of hydrogen-bond acceptors (Lipinski definition) is 4. The van der Waals surface area contributed by atoms with Gasteiger partial charge in [-0.15, -0.1) is 0 Å². The topological polar surface area (TPSA) is 91.4 Å². The Labute approximate surface area is 92.3 Å². The smallest absolute Gasteiger partial charge is 0.257 e. The molecule has 1 amide bonds. The molecule has 0 saturated heterocycles. The number of ether oxygens (including phenoxy) is 1. The van der Waals surface area contributed by atoms with Crippen LogP contribution in [0.25, 0.3) is 0 Å². The Balaban J connectivity index is 2.72. The van der Waals surface area contributed by atoms with E-state index >= 15 is 0 Å². The lowest BCUT2D eigenvalue weighted by molar-refractivity contribution is 0.0838. The third kappa shape index (κ3) is 3.18. The molecule has 6 nitrogen and oxygen atoms in total. The van der Waals surface area contributed by atoms with Crippen molar-refractivity contribution in [3.8, 4) is 0 Å². The van der Waals surface area contributed by atoms with E-state index in [0.717, 1.165) is 0 Å². The minimum atomic E-state index is -0.530. The molecule has 0 aliphatic rings. The highest BCUT2D eigenvalue weighted by molar-refractivity contribution is 5.93. The van der Waals surface area contributed by atoms with Gasteiger partial charge in [-0.1, -0.05) is 0 Å². The van der Waals surface area contributed by atoms with Crippen molar-refractivity contribution >= 4 is 5.91 Å². The van der Waals surface area contributed by atoms with Gasteiger partial charge in [0.2, 0.25) is 0 Å². The molecule has 0 fully saturated rings. The first-order valence-corrected chi connectivity index (χ1v) is 4.76. The highest BCUT2D eigenvalue weighted by atomic mass is 16.5. The molecule has 0 spiro atoms. The van der Waals surface area contributed by atoms with Gasteiger partial charge in [0.15, 0.2) is 5.43 Å². The number of nitrogens with one attached hydrogen (secondary N) is 2. The molecule has 1 aromatic heterocycles. The van der Waals surface area contributed by atoms with E-state index in [2.05, 4.69) is 10.3 Å². The number of carbonyl (C=O) groups is 1. The van der Waals surface area contributed by atoms with E-state index in [1.54, 1.807) is 0 Å². The van der Waals surface area contributed by atoms with Crippen molar-refractivity contribution in [3.63, 3.8) is 0 Å². The molecular weight excluding hydrogens is 212 g/mol. The fourth-order valence-corrected chi connectivity index (χ4v) is 1.20. The van der Waals surface area contributed by atoms with Crippen molar-refractivity contribution < 1.29 is 14.6 Å². The number of amides is 1. The van der Waals surface area contributed by atoms with Gasteiger partial charge in [0, 0.05) is 25.6 Å². The molecule has 0 aliphatic heterocycles. The summed E-state index contributed by atoms with van der Waals surface area (Å²) in [5.41, 5.74) is -0.359. The van der Waals surface area contributed by atoms with Crippen LogP contribution in [0.4, 0.5) is 0 Å². The molecule has 6 heteroatoms. The number of aliphatic hydroxyl groups excluding tert-OH is 1. The number of methoxy groups -OCH3 is 1. The summed E-state index contributed by atoms with van der Waals surface area (Å²) in [7, 11) is 1.46. The normalized spacial score (nSPS) is 12.1. The van der Waals surface area contributed by atoms with Crippen molar-refractivity contribution in [2.45, 2.75) is 6.04 Å². The molecule has 1 aromatic rings. The number of aromatic nitrogens is 1. The Morgan fingerprint density at radius 1 is 1.69 bits per heavy atom. The average molecular weight is 226 g/mol. The van der Waals surface area contributed by atoms with Gasteiger partial charge >= 0.3 is 0 Å². The second-order valence-corrected chi connectivity index (χ2v) is 3.23. The van der Waals surface area contributed by atoms with E-state index in [9.17, 15) is 9.59 Å². The quantitative estimate of drug-likeness (QED) is 0.607. The predicted molar refractivity (Wildman–Crippen MR) is 57.3 cm³/mol. The zero-order chi connectivity index (χ0) is 12.0. The van der Waals surface area contributed by atoms with E-state index in [1.165, 1.54) is 25.6 Å². The van der Waals surface area contributed by atoms with Crippen LogP contribution >= 0.6 is 0 Å². The van der Waals surface area contributed by atoms with Crippen molar-refractivity contribution in [2.75, 3.05) is 20.3 Å². The van der Waals surface area contributed by atoms with Crippen molar-refractivity contribution in [1.82, 2.24) is 10.3 Å². The SMILES string of the molecule is COCC(CO)NC(=O)c1c[nH]ccc1=O. The molecule has 0 saturated carbocycles. The van der Waals surface area contributed by atoms with Crippen LogP contribution in [0.1, 0.15) is 10.4 Å². The second kappa shape index (κ2) is 6.04. The van der Waals surface area contributed by atoms with Gasteiger partial charge < -0.3 is 20.1 Å². The molecule has 88 valence electrons. The first-order valence-electron chi connectivity index (χ1n) is 4.76. The number of hydrogen-bond donors (Lipinski definition) is 3. The fraction of sp³-hybridized carbons (Fsp3) is 0.400. The van der Waals surface area contributed by atoms with Gasteiger partial charge in [-0.2, -0.15) is 0 Å². The number of carbonyl (C=O) groups excluding carboxylic acids is 1. The van der Waals surface area contributed by atoms with Crippen LogP contribution in [-0.4, -0.2) is 42.4 Å². The number of rotatable bonds is 5. The summed E-state index contributed by atoms with van der Waals surface area (Å²) in [6.45, 7) is -0.0582. The second-order valence-electron chi connectivity index (χ2n) is 3.23. The Morgan fingerprint density at radius 3 is 3.00 bits per heavy atom. The molecule has 1 heterocycles. The standard InChI is InChI=1S/C10H14N2O4/c1-16-6-7(5-13)12-10(15)8-4-11-3-2-9(8)14/h2-4,7,13H,5-6H2,1H3,(H,11,14)(H,12,15). The summed E-state index contributed by atoms with van der Waals surface area (Å²) in [4.78, 5) is 25.6. The maximum Gasteiger partial charge on any atom is 0.257 e. The third-order valence-electron chi connectivity index (χ3n) is 1.99. The van der Waals surface area contributed by atoms with Gasteiger partial charge in [0.05, 0.1) is 19.3 Å². The highest BCUT2D eigenvalue weighted by Crippen LogP contribution is 1.91. The summed E-state index contributed by atoms with van der Waals surface area (Å²) in [5.74, 6) is -0.530. The largest absolute Gasteiger partial charge is 0.394 e. The zero-order valence-electron chi connectivity index (χ0n) is 8.90. The van der Waals surface area contributed by atoms with Crippen LogP contribution in [0.2, 0.25) is 0 Å². The number of aromatic amines is 1. The van der Waals surface area contributed by atoms with Gasteiger partial charge in [-0.3, -0.25) is 9.59 Å². The van der Waals surface area contributed by atoms with Crippen LogP contribution in [0.5, 0.6) is 0 Å². The van der Waals surface area contributed by atoms with Crippen LogP contribution in [0.15, 0.2) is 23.3 Å². The number of aliphatic hydroxyl groups is 1.